The van der Waals surface area contributed by atoms with Gasteiger partial charge in [0.1, 0.15) is 0 Å². The van der Waals surface area contributed by atoms with E-state index in [1.807, 2.05) is 30.3 Å². The van der Waals surface area contributed by atoms with Crippen LogP contribution >= 0.6 is 24.0 Å². The number of hydrogen-bond acceptors (Lipinski definition) is 4. The highest BCUT2D eigenvalue weighted by molar-refractivity contribution is 14.0. The number of halogens is 1. The Labute approximate surface area is 191 Å². The zero-order valence-electron chi connectivity index (χ0n) is 17.3. The molecule has 0 saturated heterocycles. The summed E-state index contributed by atoms with van der Waals surface area (Å²) in [7, 11) is 0.708. The van der Waals surface area contributed by atoms with Crippen LogP contribution in [0.15, 0.2) is 64.5 Å². The molecule has 8 heteroatoms. The molecule has 0 aliphatic heterocycles. The van der Waals surface area contributed by atoms with Crippen molar-refractivity contribution in [2.45, 2.75) is 17.7 Å². The van der Waals surface area contributed by atoms with Gasteiger partial charge in [0.05, 0.1) is 4.90 Å². The Morgan fingerprint density at radius 1 is 1.00 bits per heavy atom. The standard InChI is InChI=1S/C21H30N4O2S.HI/c1-22-21(23-15-7-17-25(2)19-8-5-4-6-9-19)24-16-14-18-10-12-20(13-11-18)28(3,26)27;/h4-6,8-13H,7,14-17H2,1-3H3,(H2,22,23,24);1H. The van der Waals surface area contributed by atoms with E-state index in [0.29, 0.717) is 4.90 Å². The fourth-order valence-corrected chi connectivity index (χ4v) is 3.41. The Bertz CT molecular complexity index is 856. The SMILES string of the molecule is CN=C(NCCCN(C)c1ccccc1)NCCc1ccc(S(C)(=O)=O)cc1.I. The largest absolute Gasteiger partial charge is 0.375 e. The summed E-state index contributed by atoms with van der Waals surface area (Å²) in [6.45, 7) is 2.52. The Morgan fingerprint density at radius 2 is 1.62 bits per heavy atom. The fourth-order valence-electron chi connectivity index (χ4n) is 2.78. The molecule has 0 fully saturated rings. The lowest BCUT2D eigenvalue weighted by Gasteiger charge is -2.19. The first-order valence-electron chi connectivity index (χ1n) is 9.40. The minimum Gasteiger partial charge on any atom is -0.375 e. The number of aliphatic imine (C=N–C) groups is 1. The van der Waals surface area contributed by atoms with E-state index < -0.39 is 9.84 Å². The predicted molar refractivity (Wildman–Crippen MR) is 132 cm³/mol. The Kier molecular flexibility index (Phi) is 11.0. The van der Waals surface area contributed by atoms with Crippen molar-refractivity contribution in [2.75, 3.05) is 44.9 Å². The van der Waals surface area contributed by atoms with Crippen LogP contribution in [-0.2, 0) is 16.3 Å². The molecule has 29 heavy (non-hydrogen) atoms. The quantitative estimate of drug-likeness (QED) is 0.226. The van der Waals surface area contributed by atoms with Gasteiger partial charge in [-0.15, -0.1) is 24.0 Å². The highest BCUT2D eigenvalue weighted by Gasteiger charge is 2.06. The van der Waals surface area contributed by atoms with Crippen molar-refractivity contribution in [3.05, 3.63) is 60.2 Å². The van der Waals surface area contributed by atoms with Crippen LogP contribution in [0.5, 0.6) is 0 Å². The lowest BCUT2D eigenvalue weighted by molar-refractivity contribution is 0.602. The second-order valence-electron chi connectivity index (χ2n) is 6.70. The fraction of sp³-hybridized carbons (Fsp3) is 0.381. The van der Waals surface area contributed by atoms with Crippen LogP contribution in [-0.4, -0.2) is 54.4 Å². The average Bonchev–Trinajstić information content (AvgIpc) is 2.70. The number of guanidine groups is 1. The van der Waals surface area contributed by atoms with Crippen LogP contribution in [0.4, 0.5) is 5.69 Å². The maximum absolute atomic E-state index is 11.5. The highest BCUT2D eigenvalue weighted by Crippen LogP contribution is 2.11. The Hall–Kier alpha value is -1.81. The molecule has 2 rings (SSSR count). The van der Waals surface area contributed by atoms with Crippen molar-refractivity contribution in [2.24, 2.45) is 4.99 Å². The first kappa shape index (κ1) is 25.2. The van der Waals surface area contributed by atoms with Crippen molar-refractivity contribution in [3.63, 3.8) is 0 Å². The van der Waals surface area contributed by atoms with Crippen LogP contribution in [0, 0.1) is 0 Å². The molecule has 2 aromatic carbocycles. The number of para-hydroxylation sites is 1. The molecule has 0 saturated carbocycles. The maximum atomic E-state index is 11.5. The van der Waals surface area contributed by atoms with E-state index in [0.717, 1.165) is 44.0 Å². The van der Waals surface area contributed by atoms with Gasteiger partial charge >= 0.3 is 0 Å². The van der Waals surface area contributed by atoms with E-state index >= 15 is 0 Å². The molecule has 0 atom stereocenters. The van der Waals surface area contributed by atoms with E-state index in [2.05, 4.69) is 39.7 Å². The smallest absolute Gasteiger partial charge is 0.190 e. The monoisotopic (exact) mass is 530 g/mol. The molecule has 160 valence electrons. The number of anilines is 1. The van der Waals surface area contributed by atoms with Gasteiger partial charge in [0.15, 0.2) is 15.8 Å². The first-order valence-corrected chi connectivity index (χ1v) is 11.3. The summed E-state index contributed by atoms with van der Waals surface area (Å²) in [5.41, 5.74) is 2.30. The van der Waals surface area contributed by atoms with Gasteiger partial charge in [-0.25, -0.2) is 8.42 Å². The third-order valence-electron chi connectivity index (χ3n) is 4.44. The molecular formula is C21H31IN4O2S. The van der Waals surface area contributed by atoms with Crippen molar-refractivity contribution in [3.8, 4) is 0 Å². The summed E-state index contributed by atoms with van der Waals surface area (Å²) in [6, 6.07) is 17.3. The summed E-state index contributed by atoms with van der Waals surface area (Å²) in [5.74, 6) is 0.773. The molecule has 2 aromatic rings. The summed E-state index contributed by atoms with van der Waals surface area (Å²) >= 11 is 0. The minimum atomic E-state index is -3.14. The van der Waals surface area contributed by atoms with Gasteiger partial charge < -0.3 is 15.5 Å². The van der Waals surface area contributed by atoms with Gasteiger partial charge in [0.2, 0.25) is 0 Å². The van der Waals surface area contributed by atoms with Crippen LogP contribution in [0.1, 0.15) is 12.0 Å². The van der Waals surface area contributed by atoms with E-state index in [1.165, 1.54) is 11.9 Å². The first-order chi connectivity index (χ1) is 13.4. The summed E-state index contributed by atoms with van der Waals surface area (Å²) < 4.78 is 23.0. The van der Waals surface area contributed by atoms with E-state index in [4.69, 9.17) is 0 Å². The highest BCUT2D eigenvalue weighted by atomic mass is 127. The van der Waals surface area contributed by atoms with Gasteiger partial charge in [0.25, 0.3) is 0 Å². The molecular weight excluding hydrogens is 499 g/mol. The molecule has 0 unspecified atom stereocenters. The molecule has 0 amide bonds. The molecule has 0 aliphatic rings. The maximum Gasteiger partial charge on any atom is 0.190 e. The minimum absolute atomic E-state index is 0. The molecule has 0 spiro atoms. The molecule has 0 aliphatic carbocycles. The molecule has 2 N–H and O–H groups in total. The second kappa shape index (κ2) is 12.7. The number of sulfone groups is 1. The van der Waals surface area contributed by atoms with Crippen LogP contribution < -0.4 is 15.5 Å². The molecule has 0 bridgehead atoms. The zero-order chi connectivity index (χ0) is 20.4. The summed E-state index contributed by atoms with van der Waals surface area (Å²) in [6.07, 6.45) is 3.01. The van der Waals surface area contributed by atoms with Gasteiger partial charge in [-0.3, -0.25) is 4.99 Å². The normalized spacial score (nSPS) is 11.5. The van der Waals surface area contributed by atoms with Crippen LogP contribution in [0.3, 0.4) is 0 Å². The average molecular weight is 530 g/mol. The van der Waals surface area contributed by atoms with E-state index in [-0.39, 0.29) is 24.0 Å². The Balaban J connectivity index is 0.00000420. The van der Waals surface area contributed by atoms with E-state index in [9.17, 15) is 8.42 Å². The van der Waals surface area contributed by atoms with Crippen molar-refractivity contribution >= 4 is 45.5 Å². The zero-order valence-corrected chi connectivity index (χ0v) is 20.4. The topological polar surface area (TPSA) is 73.8 Å². The third kappa shape index (κ3) is 9.03. The Morgan fingerprint density at radius 3 is 2.21 bits per heavy atom. The molecule has 0 aromatic heterocycles. The lowest BCUT2D eigenvalue weighted by atomic mass is 10.1. The number of hydrogen-bond donors (Lipinski definition) is 2. The summed E-state index contributed by atoms with van der Waals surface area (Å²) in [5, 5.41) is 6.61. The van der Waals surface area contributed by atoms with Crippen LogP contribution in [0.25, 0.3) is 0 Å². The van der Waals surface area contributed by atoms with E-state index in [1.54, 1.807) is 19.2 Å². The lowest BCUT2D eigenvalue weighted by Crippen LogP contribution is -2.39. The predicted octanol–water partition coefficient (Wildman–Crippen LogP) is 2.94. The van der Waals surface area contributed by atoms with Crippen molar-refractivity contribution in [1.82, 2.24) is 10.6 Å². The second-order valence-corrected chi connectivity index (χ2v) is 8.72. The van der Waals surface area contributed by atoms with Crippen molar-refractivity contribution in [1.29, 1.82) is 0 Å². The summed E-state index contributed by atoms with van der Waals surface area (Å²) in [4.78, 5) is 6.83. The number of nitrogens with zero attached hydrogens (tertiary/aromatic N) is 2. The van der Waals surface area contributed by atoms with Crippen LogP contribution in [0.2, 0.25) is 0 Å². The van der Waals surface area contributed by atoms with Crippen molar-refractivity contribution < 1.29 is 8.42 Å². The molecule has 0 heterocycles. The van der Waals surface area contributed by atoms with Gasteiger partial charge in [-0.05, 0) is 42.7 Å². The third-order valence-corrected chi connectivity index (χ3v) is 5.57. The number of nitrogens with one attached hydrogen (secondary N) is 2. The molecule has 6 nitrogen and oxygen atoms in total. The van der Waals surface area contributed by atoms with Gasteiger partial charge in [-0.1, -0.05) is 30.3 Å². The molecule has 0 radical (unpaired) electrons. The number of rotatable bonds is 9. The van der Waals surface area contributed by atoms with Gasteiger partial charge in [-0.2, -0.15) is 0 Å². The number of benzene rings is 2. The van der Waals surface area contributed by atoms with Gasteiger partial charge in [0, 0.05) is 45.7 Å².